The van der Waals surface area contributed by atoms with E-state index in [0.29, 0.717) is 12.8 Å². The fraction of sp³-hybridized carbons (Fsp3) is 0.500. The Morgan fingerprint density at radius 3 is 2.24 bits per heavy atom. The van der Waals surface area contributed by atoms with Crippen LogP contribution < -0.4 is 21.7 Å². The molecule has 0 spiro atoms. The number of amides is 3. The zero-order valence-electron chi connectivity index (χ0n) is 15.9. The third-order valence-corrected chi connectivity index (χ3v) is 3.98. The van der Waals surface area contributed by atoms with Crippen LogP contribution in [0.4, 0.5) is 13.2 Å². The van der Waals surface area contributed by atoms with E-state index < -0.39 is 30.1 Å². The number of benzene rings is 1. The molecule has 5 N–H and O–H groups in total. The number of carbonyl (C=O) groups excluding carboxylic acids is 3. The van der Waals surface area contributed by atoms with Crippen LogP contribution in [0.15, 0.2) is 30.3 Å². The van der Waals surface area contributed by atoms with E-state index in [1.165, 1.54) is 7.05 Å². The van der Waals surface area contributed by atoms with Gasteiger partial charge in [-0.25, -0.2) is 0 Å². The lowest BCUT2D eigenvalue weighted by atomic mass is 10.0. The van der Waals surface area contributed by atoms with Gasteiger partial charge in [-0.05, 0) is 24.8 Å². The Bertz CT molecular complexity index is 660. The van der Waals surface area contributed by atoms with Crippen LogP contribution in [0.25, 0.3) is 0 Å². The molecule has 7 nitrogen and oxygen atoms in total. The summed E-state index contributed by atoms with van der Waals surface area (Å²) in [4.78, 5) is 34.9. The number of nitrogens with one attached hydrogen (secondary N) is 3. The van der Waals surface area contributed by atoms with Gasteiger partial charge in [0.25, 0.3) is 0 Å². The van der Waals surface area contributed by atoms with E-state index in [4.69, 9.17) is 5.73 Å². The summed E-state index contributed by atoms with van der Waals surface area (Å²) in [5, 5.41) is 6.84. The molecule has 0 bridgehead atoms. The number of nitrogens with two attached hydrogens (primary N) is 1. The normalized spacial score (nSPS) is 12.9. The maximum absolute atomic E-state index is 12.2. The maximum atomic E-state index is 12.2. The minimum atomic E-state index is -4.91. The van der Waals surface area contributed by atoms with Crippen LogP contribution in [0.5, 0.6) is 0 Å². The van der Waals surface area contributed by atoms with Crippen LogP contribution in [0.1, 0.15) is 24.8 Å². The fourth-order valence-corrected chi connectivity index (χ4v) is 2.43. The van der Waals surface area contributed by atoms with E-state index in [1.807, 2.05) is 30.3 Å². The van der Waals surface area contributed by atoms with Crippen LogP contribution >= 0.6 is 12.4 Å². The lowest BCUT2D eigenvalue weighted by Gasteiger charge is -2.20. The maximum Gasteiger partial charge on any atom is 0.471 e. The van der Waals surface area contributed by atoms with Gasteiger partial charge in [-0.15, -0.1) is 12.4 Å². The second-order valence-corrected chi connectivity index (χ2v) is 6.22. The van der Waals surface area contributed by atoms with Gasteiger partial charge in [-0.2, -0.15) is 13.2 Å². The molecule has 1 rings (SSSR count). The Morgan fingerprint density at radius 1 is 1.07 bits per heavy atom. The van der Waals surface area contributed by atoms with Crippen molar-refractivity contribution in [3.05, 3.63) is 35.9 Å². The summed E-state index contributed by atoms with van der Waals surface area (Å²) < 4.78 is 36.1. The van der Waals surface area contributed by atoms with Crippen LogP contribution in [-0.4, -0.2) is 49.6 Å². The molecule has 0 aliphatic rings. The van der Waals surface area contributed by atoms with Crippen molar-refractivity contribution in [2.75, 3.05) is 13.6 Å². The number of likely N-dealkylation sites (N-methyl/N-ethyl adjacent to an activating group) is 1. The van der Waals surface area contributed by atoms with E-state index in [1.54, 1.807) is 5.32 Å². The van der Waals surface area contributed by atoms with Crippen molar-refractivity contribution in [3.8, 4) is 0 Å². The van der Waals surface area contributed by atoms with E-state index in [9.17, 15) is 27.6 Å². The van der Waals surface area contributed by atoms with Crippen LogP contribution in [-0.2, 0) is 20.8 Å². The highest BCUT2D eigenvalue weighted by Gasteiger charge is 2.38. The molecule has 11 heteroatoms. The van der Waals surface area contributed by atoms with E-state index in [2.05, 4.69) is 10.6 Å². The number of hydrogen-bond acceptors (Lipinski definition) is 4. The smallest absolute Gasteiger partial charge is 0.357 e. The van der Waals surface area contributed by atoms with Crippen molar-refractivity contribution in [2.24, 2.45) is 5.73 Å². The molecule has 0 aliphatic heterocycles. The van der Waals surface area contributed by atoms with Gasteiger partial charge in [-0.1, -0.05) is 30.3 Å². The van der Waals surface area contributed by atoms with Gasteiger partial charge < -0.3 is 21.7 Å². The second kappa shape index (κ2) is 13.0. The zero-order chi connectivity index (χ0) is 21.2. The van der Waals surface area contributed by atoms with Crippen LogP contribution in [0.3, 0.4) is 0 Å². The fourth-order valence-electron chi connectivity index (χ4n) is 2.43. The number of rotatable bonds is 10. The Morgan fingerprint density at radius 2 is 1.69 bits per heavy atom. The lowest BCUT2D eigenvalue weighted by Crippen LogP contribution is -2.52. The monoisotopic (exact) mass is 438 g/mol. The summed E-state index contributed by atoms with van der Waals surface area (Å²) in [5.41, 5.74) is 6.67. The van der Waals surface area contributed by atoms with Crippen molar-refractivity contribution >= 4 is 30.1 Å². The topological polar surface area (TPSA) is 113 Å². The summed E-state index contributed by atoms with van der Waals surface area (Å²) in [7, 11) is 1.46. The summed E-state index contributed by atoms with van der Waals surface area (Å²) in [6.07, 6.45) is -3.83. The Labute approximate surface area is 173 Å². The highest BCUT2D eigenvalue weighted by atomic mass is 35.5. The van der Waals surface area contributed by atoms with Gasteiger partial charge in [0.2, 0.25) is 11.8 Å². The van der Waals surface area contributed by atoms with Gasteiger partial charge in [0, 0.05) is 20.0 Å². The van der Waals surface area contributed by atoms with Crippen LogP contribution in [0.2, 0.25) is 0 Å². The van der Waals surface area contributed by atoms with Crippen molar-refractivity contribution in [1.29, 1.82) is 0 Å². The van der Waals surface area contributed by atoms with Crippen molar-refractivity contribution in [1.82, 2.24) is 16.0 Å². The van der Waals surface area contributed by atoms with Crippen molar-refractivity contribution in [3.63, 3.8) is 0 Å². The minimum Gasteiger partial charge on any atom is -0.357 e. The Hall–Kier alpha value is -2.33. The summed E-state index contributed by atoms with van der Waals surface area (Å²) >= 11 is 0. The predicted octanol–water partition coefficient (Wildman–Crippen LogP) is 1.06. The average molecular weight is 439 g/mol. The summed E-state index contributed by atoms with van der Waals surface area (Å²) in [5.74, 6) is -2.88. The molecule has 2 atom stereocenters. The summed E-state index contributed by atoms with van der Waals surface area (Å²) in [6, 6.07) is 7.43. The molecule has 1 aromatic rings. The van der Waals surface area contributed by atoms with Crippen LogP contribution in [0, 0.1) is 0 Å². The first kappa shape index (κ1) is 26.7. The second-order valence-electron chi connectivity index (χ2n) is 6.22. The van der Waals surface area contributed by atoms with Crippen molar-refractivity contribution in [2.45, 2.75) is 43.9 Å². The van der Waals surface area contributed by atoms with Gasteiger partial charge in [-0.3, -0.25) is 14.4 Å². The minimum absolute atomic E-state index is 0. The Balaban J connectivity index is 0.00000784. The number of halogens is 4. The number of carbonyl (C=O) groups is 3. The number of unbranched alkanes of at least 4 members (excludes halogenated alkanes) is 1. The molecule has 0 saturated heterocycles. The first-order valence-electron chi connectivity index (χ1n) is 8.81. The molecular formula is C18H26ClF3N4O3. The molecule has 1 aromatic carbocycles. The SMILES string of the molecule is CNC(=O)C(Cc1ccccc1)NC(=O)C(N)CCCCNC(=O)C(F)(F)F.Cl. The molecule has 0 radical (unpaired) electrons. The number of hydrogen-bond donors (Lipinski definition) is 4. The van der Waals surface area contributed by atoms with Gasteiger partial charge in [0.05, 0.1) is 6.04 Å². The molecular weight excluding hydrogens is 413 g/mol. The zero-order valence-corrected chi connectivity index (χ0v) is 16.7. The first-order chi connectivity index (χ1) is 13.1. The molecule has 3 amide bonds. The summed E-state index contributed by atoms with van der Waals surface area (Å²) in [6.45, 7) is -0.165. The molecule has 29 heavy (non-hydrogen) atoms. The first-order valence-corrected chi connectivity index (χ1v) is 8.81. The van der Waals surface area contributed by atoms with E-state index >= 15 is 0 Å². The molecule has 164 valence electrons. The highest BCUT2D eigenvalue weighted by molar-refractivity contribution is 5.89. The molecule has 2 unspecified atom stereocenters. The molecule has 0 aromatic heterocycles. The third-order valence-electron chi connectivity index (χ3n) is 3.98. The molecule has 0 saturated carbocycles. The molecule has 0 heterocycles. The van der Waals surface area contributed by atoms with Gasteiger partial charge >= 0.3 is 12.1 Å². The predicted molar refractivity (Wildman–Crippen MR) is 104 cm³/mol. The average Bonchev–Trinajstić information content (AvgIpc) is 2.66. The van der Waals surface area contributed by atoms with E-state index in [-0.39, 0.29) is 37.7 Å². The quantitative estimate of drug-likeness (QED) is 0.409. The standard InChI is InChI=1S/C18H25F3N4O3.ClH/c1-23-16(27)14(11-12-7-3-2-4-8-12)25-15(26)13(22)9-5-6-10-24-17(28)18(19,20)21;/h2-4,7-8,13-14H,5-6,9-11,22H2,1H3,(H,23,27)(H,24,28)(H,25,26);1H. The molecule has 0 aliphatic carbocycles. The Kier molecular flexibility index (Phi) is 12.0. The van der Waals surface area contributed by atoms with Gasteiger partial charge in [0.1, 0.15) is 6.04 Å². The van der Waals surface area contributed by atoms with Crippen molar-refractivity contribution < 1.29 is 27.6 Å². The van der Waals surface area contributed by atoms with E-state index in [0.717, 1.165) is 5.56 Å². The molecule has 0 fully saturated rings. The lowest BCUT2D eigenvalue weighted by molar-refractivity contribution is -0.173. The largest absolute Gasteiger partial charge is 0.471 e. The third kappa shape index (κ3) is 10.1. The van der Waals surface area contributed by atoms with Gasteiger partial charge in [0.15, 0.2) is 0 Å². The number of alkyl halides is 3. The highest BCUT2D eigenvalue weighted by Crippen LogP contribution is 2.14.